The maximum Gasteiger partial charge on any atom is 0.229 e. The number of aromatic nitrogens is 1. The summed E-state index contributed by atoms with van der Waals surface area (Å²) in [6.45, 7) is 4.74. The molecule has 0 saturated carbocycles. The van der Waals surface area contributed by atoms with Crippen LogP contribution in [-0.4, -0.2) is 60.5 Å². The zero-order chi connectivity index (χ0) is 30.1. The Hall–Kier alpha value is -2.65. The van der Waals surface area contributed by atoms with Crippen LogP contribution in [0, 0.1) is 5.41 Å². The Bertz CT molecular complexity index is 1530. The van der Waals surface area contributed by atoms with Gasteiger partial charge in [-0.1, -0.05) is 67.4 Å². The number of amides is 1. The summed E-state index contributed by atoms with van der Waals surface area (Å²) < 4.78 is 32.7. The quantitative estimate of drug-likeness (QED) is 0.269. The van der Waals surface area contributed by atoms with Gasteiger partial charge in [-0.15, -0.1) is 0 Å². The van der Waals surface area contributed by atoms with Gasteiger partial charge in [0.25, 0.3) is 0 Å². The van der Waals surface area contributed by atoms with Crippen LogP contribution in [0.5, 0.6) is 5.88 Å². The molecule has 42 heavy (non-hydrogen) atoms. The van der Waals surface area contributed by atoms with E-state index >= 15 is 0 Å². The Labute approximate surface area is 258 Å². The van der Waals surface area contributed by atoms with Gasteiger partial charge in [-0.3, -0.25) is 4.79 Å². The Kier molecular flexibility index (Phi) is 9.19. The minimum atomic E-state index is -3.36. The van der Waals surface area contributed by atoms with Gasteiger partial charge in [0.1, 0.15) is 0 Å². The minimum absolute atomic E-state index is 0.0196. The number of carbonyl (C=O) groups is 1. The predicted molar refractivity (Wildman–Crippen MR) is 167 cm³/mol. The maximum absolute atomic E-state index is 14.9. The Morgan fingerprint density at radius 2 is 1.79 bits per heavy atom. The fourth-order valence-electron chi connectivity index (χ4n) is 6.56. The Morgan fingerprint density at radius 1 is 1.05 bits per heavy atom. The van der Waals surface area contributed by atoms with Gasteiger partial charge in [-0.25, -0.2) is 13.4 Å². The summed E-state index contributed by atoms with van der Waals surface area (Å²) in [5, 5.41) is 1.23. The highest BCUT2D eigenvalue weighted by Crippen LogP contribution is 2.52. The number of halogens is 2. The van der Waals surface area contributed by atoms with Gasteiger partial charge in [-0.2, -0.15) is 4.31 Å². The van der Waals surface area contributed by atoms with Crippen molar-refractivity contribution in [3.05, 3.63) is 93.6 Å². The third kappa shape index (κ3) is 6.32. The summed E-state index contributed by atoms with van der Waals surface area (Å²) in [5.74, 6) is 0.492. The molecule has 0 bridgehead atoms. The summed E-state index contributed by atoms with van der Waals surface area (Å²) >= 11 is 12.8. The summed E-state index contributed by atoms with van der Waals surface area (Å²) in [6, 6.07) is 20.3. The lowest BCUT2D eigenvalue weighted by Crippen LogP contribution is -2.58. The highest BCUT2D eigenvalue weighted by Gasteiger charge is 2.52. The molecule has 0 aliphatic carbocycles. The molecule has 2 aromatic carbocycles. The Morgan fingerprint density at radius 3 is 2.43 bits per heavy atom. The van der Waals surface area contributed by atoms with E-state index in [0.717, 1.165) is 16.8 Å². The molecule has 224 valence electrons. The zero-order valence-electron chi connectivity index (χ0n) is 24.2. The lowest BCUT2D eigenvalue weighted by molar-refractivity contribution is -0.155. The van der Waals surface area contributed by atoms with Crippen LogP contribution in [0.25, 0.3) is 0 Å². The van der Waals surface area contributed by atoms with Crippen molar-refractivity contribution in [1.82, 2.24) is 14.2 Å². The van der Waals surface area contributed by atoms with E-state index in [0.29, 0.717) is 48.2 Å². The first kappa shape index (κ1) is 30.8. The van der Waals surface area contributed by atoms with Gasteiger partial charge in [0.05, 0.1) is 24.3 Å². The van der Waals surface area contributed by atoms with Crippen molar-refractivity contribution < 1.29 is 17.9 Å². The fourth-order valence-corrected chi connectivity index (χ4v) is 8.45. The smallest absolute Gasteiger partial charge is 0.229 e. The number of pyridine rings is 1. The van der Waals surface area contributed by atoms with Crippen molar-refractivity contribution >= 4 is 39.1 Å². The lowest BCUT2D eigenvalue weighted by atomic mass is 9.66. The molecule has 0 N–H and O–H groups in total. The zero-order valence-corrected chi connectivity index (χ0v) is 26.5. The number of likely N-dealkylation sites (tertiary alicyclic amines) is 1. The van der Waals surface area contributed by atoms with E-state index in [-0.39, 0.29) is 36.2 Å². The molecule has 2 aliphatic heterocycles. The van der Waals surface area contributed by atoms with Crippen LogP contribution in [0.2, 0.25) is 10.0 Å². The second-order valence-corrected chi connectivity index (χ2v) is 14.5. The molecule has 10 heteroatoms. The van der Waals surface area contributed by atoms with Crippen LogP contribution in [0.3, 0.4) is 0 Å². The number of methoxy groups -OCH3 is 1. The second-order valence-electron chi connectivity index (χ2n) is 11.6. The average molecular weight is 631 g/mol. The molecule has 4 atom stereocenters. The van der Waals surface area contributed by atoms with E-state index < -0.39 is 15.4 Å². The number of sulfonamides is 1. The molecule has 1 unspecified atom stereocenters. The molecular weight excluding hydrogens is 593 g/mol. The van der Waals surface area contributed by atoms with E-state index in [2.05, 4.69) is 11.1 Å². The monoisotopic (exact) mass is 629 g/mol. The van der Waals surface area contributed by atoms with E-state index in [9.17, 15) is 13.2 Å². The molecule has 2 saturated heterocycles. The van der Waals surface area contributed by atoms with Crippen LogP contribution in [0.15, 0.2) is 66.7 Å². The van der Waals surface area contributed by atoms with Crippen molar-refractivity contribution in [1.29, 1.82) is 0 Å². The summed E-state index contributed by atoms with van der Waals surface area (Å²) in [4.78, 5) is 21.5. The van der Waals surface area contributed by atoms with E-state index in [1.807, 2.05) is 73.3 Å². The summed E-state index contributed by atoms with van der Waals surface area (Å²) in [5.41, 5.74) is 1.90. The number of benzene rings is 2. The topological polar surface area (TPSA) is 79.8 Å². The van der Waals surface area contributed by atoms with Gasteiger partial charge in [0.15, 0.2) is 0 Å². The van der Waals surface area contributed by atoms with Gasteiger partial charge >= 0.3 is 0 Å². The maximum atomic E-state index is 14.9. The largest absolute Gasteiger partial charge is 0.481 e. The first-order chi connectivity index (χ1) is 20.0. The summed E-state index contributed by atoms with van der Waals surface area (Å²) in [7, 11) is -1.78. The van der Waals surface area contributed by atoms with E-state index in [1.165, 1.54) is 0 Å². The van der Waals surface area contributed by atoms with Crippen molar-refractivity contribution in [3.8, 4) is 5.88 Å². The van der Waals surface area contributed by atoms with Crippen molar-refractivity contribution in [2.75, 3.05) is 26.0 Å². The third-order valence-corrected chi connectivity index (χ3v) is 11.0. The van der Waals surface area contributed by atoms with Gasteiger partial charge in [0, 0.05) is 53.3 Å². The van der Waals surface area contributed by atoms with Crippen LogP contribution in [0.4, 0.5) is 0 Å². The number of rotatable bonds is 9. The van der Waals surface area contributed by atoms with Crippen LogP contribution in [-0.2, 0) is 21.2 Å². The van der Waals surface area contributed by atoms with Crippen molar-refractivity contribution in [2.24, 2.45) is 5.41 Å². The highest BCUT2D eigenvalue weighted by atomic mass is 35.5. The van der Waals surface area contributed by atoms with Crippen LogP contribution >= 0.6 is 23.2 Å². The molecule has 3 aromatic rings. The lowest BCUT2D eigenvalue weighted by Gasteiger charge is -2.52. The third-order valence-electron chi connectivity index (χ3n) is 8.63. The number of carbonyl (C=O) groups excluding carboxylic acids is 1. The molecule has 3 heterocycles. The standard InChI is InChI=1S/C32H37Cl2N3O4S/c1-4-27(21-36-16-7-17-42(36,39)40)37-30(22-12-14-24(33)15-13-22)28(23-8-5-9-25(34)18-23)20-32(2,31(37)38)19-26-10-6-11-29(35-26)41-3/h5-6,8-15,18,27-28,30H,4,7,16-17,19-21H2,1-3H3/t27-,28?,30+,32-/m0/s1. The van der Waals surface area contributed by atoms with Gasteiger partial charge in [-0.05, 0) is 60.7 Å². The normalized spacial score (nSPS) is 25.0. The Balaban J connectivity index is 1.65. The molecular formula is C32H37Cl2N3O4S. The fraction of sp³-hybridized carbons (Fsp3) is 0.438. The van der Waals surface area contributed by atoms with Crippen LogP contribution < -0.4 is 4.74 Å². The first-order valence-electron chi connectivity index (χ1n) is 14.4. The highest BCUT2D eigenvalue weighted by molar-refractivity contribution is 7.89. The molecule has 0 spiro atoms. The molecule has 2 fully saturated rings. The molecule has 5 rings (SSSR count). The number of nitrogens with zero attached hydrogens (tertiary/aromatic N) is 3. The minimum Gasteiger partial charge on any atom is -0.481 e. The van der Waals surface area contributed by atoms with E-state index in [1.54, 1.807) is 17.5 Å². The second kappa shape index (κ2) is 12.5. The molecule has 1 aromatic heterocycles. The molecule has 7 nitrogen and oxygen atoms in total. The number of piperidine rings is 1. The predicted octanol–water partition coefficient (Wildman–Crippen LogP) is 6.52. The van der Waals surface area contributed by atoms with E-state index in [4.69, 9.17) is 27.9 Å². The molecule has 2 aliphatic rings. The SMILES string of the molecule is CC[C@@H](CN1CCCS1(=O)=O)N1C(=O)[C@@](C)(Cc2cccc(OC)n2)CC(c2cccc(Cl)c2)[C@H]1c1ccc(Cl)cc1. The number of ether oxygens (including phenoxy) is 1. The van der Waals surface area contributed by atoms with Crippen molar-refractivity contribution in [3.63, 3.8) is 0 Å². The average Bonchev–Trinajstić information content (AvgIpc) is 3.31. The number of hydrogen-bond donors (Lipinski definition) is 0. The van der Waals surface area contributed by atoms with Crippen molar-refractivity contribution in [2.45, 2.75) is 57.5 Å². The van der Waals surface area contributed by atoms with Gasteiger partial charge in [0.2, 0.25) is 21.8 Å². The molecule has 1 amide bonds. The number of hydrogen-bond acceptors (Lipinski definition) is 5. The first-order valence-corrected chi connectivity index (χ1v) is 16.7. The van der Waals surface area contributed by atoms with Gasteiger partial charge < -0.3 is 9.64 Å². The molecule has 0 radical (unpaired) electrons. The summed E-state index contributed by atoms with van der Waals surface area (Å²) in [6.07, 6.45) is 2.14. The van der Waals surface area contributed by atoms with Crippen LogP contribution in [0.1, 0.15) is 61.9 Å².